The molecular weight excluding hydrogens is 274 g/mol. The summed E-state index contributed by atoms with van der Waals surface area (Å²) in [5, 5.41) is 9.18. The van der Waals surface area contributed by atoms with E-state index in [0.29, 0.717) is 23.2 Å². The Kier molecular flexibility index (Phi) is 3.49. The molecule has 0 aliphatic carbocycles. The summed E-state index contributed by atoms with van der Waals surface area (Å²) in [5.41, 5.74) is 1.69. The Morgan fingerprint density at radius 2 is 2.00 bits per heavy atom. The maximum Gasteiger partial charge on any atom is 0.328 e. The third-order valence-corrected chi connectivity index (χ3v) is 3.39. The Balaban J connectivity index is 1.93. The summed E-state index contributed by atoms with van der Waals surface area (Å²) in [6.45, 7) is 0.603. The molecule has 1 aliphatic heterocycles. The molecule has 1 unspecified atom stereocenters. The van der Waals surface area contributed by atoms with Gasteiger partial charge in [-0.3, -0.25) is 14.8 Å². The average Bonchev–Trinajstić information content (AvgIpc) is 2.53. The van der Waals surface area contributed by atoms with Crippen molar-refractivity contribution in [2.24, 2.45) is 0 Å². The number of fused-ring (bicyclic) bond motifs is 1. The molecule has 2 aromatic rings. The van der Waals surface area contributed by atoms with Crippen molar-refractivity contribution in [1.82, 2.24) is 14.9 Å². The van der Waals surface area contributed by atoms with Gasteiger partial charge < -0.3 is 14.7 Å². The van der Waals surface area contributed by atoms with Crippen LogP contribution in [0, 0.1) is 0 Å². The zero-order chi connectivity index (χ0) is 14.8. The Morgan fingerprint density at radius 3 is 2.76 bits per heavy atom. The van der Waals surface area contributed by atoms with E-state index in [1.54, 1.807) is 30.6 Å². The highest BCUT2D eigenvalue weighted by Gasteiger charge is 2.33. The quantitative estimate of drug-likeness (QED) is 0.867. The Bertz CT molecular complexity index is 703. The average molecular weight is 287 g/mol. The number of aromatic nitrogens is 2. The van der Waals surface area contributed by atoms with Crippen LogP contribution in [0.5, 0.6) is 0 Å². The van der Waals surface area contributed by atoms with E-state index >= 15 is 0 Å². The summed E-state index contributed by atoms with van der Waals surface area (Å²) in [5.74, 6) is -1.40. The number of carbonyl (C=O) groups excluding carboxylic acids is 1. The monoisotopic (exact) mass is 287 g/mol. The number of carboxylic acids is 1. The molecule has 1 saturated heterocycles. The van der Waals surface area contributed by atoms with Crippen LogP contribution in [-0.2, 0) is 9.53 Å². The molecule has 1 aromatic carbocycles. The van der Waals surface area contributed by atoms with Crippen molar-refractivity contribution in [2.45, 2.75) is 6.04 Å². The molecule has 0 saturated carbocycles. The third kappa shape index (κ3) is 2.55. The number of nitrogens with zero attached hydrogens (tertiary/aromatic N) is 3. The molecule has 0 bridgehead atoms. The van der Waals surface area contributed by atoms with Gasteiger partial charge in [0.25, 0.3) is 5.91 Å². The fourth-order valence-electron chi connectivity index (χ4n) is 2.31. The van der Waals surface area contributed by atoms with E-state index in [-0.39, 0.29) is 19.1 Å². The predicted octanol–water partition coefficient (Wildman–Crippen LogP) is 0.555. The van der Waals surface area contributed by atoms with Gasteiger partial charge in [0, 0.05) is 24.5 Å². The predicted molar refractivity (Wildman–Crippen MR) is 72.8 cm³/mol. The molecule has 1 aromatic heterocycles. The van der Waals surface area contributed by atoms with Gasteiger partial charge in [-0.05, 0) is 18.2 Å². The maximum atomic E-state index is 12.5. The van der Waals surface area contributed by atoms with Gasteiger partial charge in [0.05, 0.1) is 24.2 Å². The first-order valence-electron chi connectivity index (χ1n) is 6.49. The molecule has 108 valence electrons. The Labute approximate surface area is 120 Å². The molecule has 7 heteroatoms. The van der Waals surface area contributed by atoms with Crippen LogP contribution in [0.15, 0.2) is 30.6 Å². The van der Waals surface area contributed by atoms with E-state index in [0.717, 1.165) is 0 Å². The van der Waals surface area contributed by atoms with Gasteiger partial charge >= 0.3 is 5.97 Å². The van der Waals surface area contributed by atoms with Crippen LogP contribution in [-0.4, -0.2) is 57.7 Å². The first kappa shape index (κ1) is 13.4. The van der Waals surface area contributed by atoms with Crippen LogP contribution in [0.25, 0.3) is 11.0 Å². The lowest BCUT2D eigenvalue weighted by Crippen LogP contribution is -2.52. The highest BCUT2D eigenvalue weighted by atomic mass is 16.5. The van der Waals surface area contributed by atoms with Gasteiger partial charge in [0.1, 0.15) is 0 Å². The zero-order valence-corrected chi connectivity index (χ0v) is 11.1. The number of rotatable bonds is 2. The van der Waals surface area contributed by atoms with E-state index in [2.05, 4.69) is 9.97 Å². The van der Waals surface area contributed by atoms with Gasteiger partial charge in [-0.25, -0.2) is 4.79 Å². The van der Waals surface area contributed by atoms with Crippen molar-refractivity contribution < 1.29 is 19.4 Å². The van der Waals surface area contributed by atoms with Crippen molar-refractivity contribution >= 4 is 22.9 Å². The minimum Gasteiger partial charge on any atom is -0.480 e. The molecule has 1 fully saturated rings. The number of ether oxygens (including phenoxy) is 1. The summed E-state index contributed by atoms with van der Waals surface area (Å²) in [6.07, 6.45) is 3.12. The standard InChI is InChI=1S/C14H13N3O4/c18-13(17-5-6-21-8-12(17)14(19)20)9-1-2-10-11(7-9)16-4-3-15-10/h1-4,7,12H,5-6,8H2,(H,19,20). The highest BCUT2D eigenvalue weighted by molar-refractivity contribution is 5.99. The smallest absolute Gasteiger partial charge is 0.328 e. The number of benzene rings is 1. The maximum absolute atomic E-state index is 12.5. The minimum absolute atomic E-state index is 0.00839. The summed E-state index contributed by atoms with van der Waals surface area (Å²) in [7, 11) is 0. The fraction of sp³-hybridized carbons (Fsp3) is 0.286. The molecule has 2 heterocycles. The first-order chi connectivity index (χ1) is 10.2. The van der Waals surface area contributed by atoms with Crippen LogP contribution in [0.2, 0.25) is 0 Å². The molecule has 1 atom stereocenters. The summed E-state index contributed by atoms with van der Waals surface area (Å²) in [4.78, 5) is 33.3. The number of carbonyl (C=O) groups is 2. The lowest BCUT2D eigenvalue weighted by Gasteiger charge is -2.32. The van der Waals surface area contributed by atoms with Crippen molar-refractivity contribution in [2.75, 3.05) is 19.8 Å². The van der Waals surface area contributed by atoms with E-state index in [1.807, 2.05) is 0 Å². The number of amides is 1. The van der Waals surface area contributed by atoms with E-state index in [1.165, 1.54) is 4.90 Å². The molecule has 1 N–H and O–H groups in total. The normalized spacial score (nSPS) is 18.7. The van der Waals surface area contributed by atoms with Crippen molar-refractivity contribution in [3.05, 3.63) is 36.2 Å². The number of aliphatic carboxylic acids is 1. The molecule has 7 nitrogen and oxygen atoms in total. The number of hydrogen-bond donors (Lipinski definition) is 1. The lowest BCUT2D eigenvalue weighted by molar-refractivity contribution is -0.147. The Morgan fingerprint density at radius 1 is 1.24 bits per heavy atom. The fourth-order valence-corrected chi connectivity index (χ4v) is 2.31. The highest BCUT2D eigenvalue weighted by Crippen LogP contribution is 2.16. The molecule has 3 rings (SSSR count). The molecular formula is C14H13N3O4. The number of carboxylic acid groups (broad SMARTS) is 1. The minimum atomic E-state index is -1.07. The summed E-state index contributed by atoms with van der Waals surface area (Å²) >= 11 is 0. The van der Waals surface area contributed by atoms with Gasteiger partial charge in [-0.15, -0.1) is 0 Å². The first-order valence-corrected chi connectivity index (χ1v) is 6.49. The molecule has 21 heavy (non-hydrogen) atoms. The van der Waals surface area contributed by atoms with Crippen LogP contribution in [0.3, 0.4) is 0 Å². The van der Waals surface area contributed by atoms with Crippen LogP contribution >= 0.6 is 0 Å². The second kappa shape index (κ2) is 5.45. The van der Waals surface area contributed by atoms with E-state index < -0.39 is 12.0 Å². The van der Waals surface area contributed by atoms with Crippen LogP contribution in [0.4, 0.5) is 0 Å². The molecule has 0 spiro atoms. The second-order valence-corrected chi connectivity index (χ2v) is 4.69. The second-order valence-electron chi connectivity index (χ2n) is 4.69. The Hall–Kier alpha value is -2.54. The molecule has 1 aliphatic rings. The third-order valence-electron chi connectivity index (χ3n) is 3.39. The number of hydrogen-bond acceptors (Lipinski definition) is 5. The van der Waals surface area contributed by atoms with Crippen molar-refractivity contribution in [3.8, 4) is 0 Å². The summed E-state index contributed by atoms with van der Waals surface area (Å²) < 4.78 is 5.13. The van der Waals surface area contributed by atoms with Crippen molar-refractivity contribution in [1.29, 1.82) is 0 Å². The van der Waals surface area contributed by atoms with E-state index in [4.69, 9.17) is 4.74 Å². The topological polar surface area (TPSA) is 92.6 Å². The lowest BCUT2D eigenvalue weighted by atomic mass is 10.1. The van der Waals surface area contributed by atoms with Crippen LogP contribution in [0.1, 0.15) is 10.4 Å². The molecule has 1 amide bonds. The zero-order valence-electron chi connectivity index (χ0n) is 11.1. The summed E-state index contributed by atoms with van der Waals surface area (Å²) in [6, 6.07) is 4.00. The SMILES string of the molecule is O=C(O)C1COCCN1C(=O)c1ccc2nccnc2c1. The van der Waals surface area contributed by atoms with Crippen molar-refractivity contribution in [3.63, 3.8) is 0 Å². The van der Waals surface area contributed by atoms with Gasteiger partial charge in [-0.2, -0.15) is 0 Å². The van der Waals surface area contributed by atoms with E-state index in [9.17, 15) is 14.7 Å². The van der Waals surface area contributed by atoms with Gasteiger partial charge in [0.2, 0.25) is 0 Å². The van der Waals surface area contributed by atoms with Gasteiger partial charge in [0.15, 0.2) is 6.04 Å². The van der Waals surface area contributed by atoms with Gasteiger partial charge in [-0.1, -0.05) is 0 Å². The molecule has 0 radical (unpaired) electrons. The largest absolute Gasteiger partial charge is 0.480 e. The number of morpholine rings is 1. The van der Waals surface area contributed by atoms with Crippen LogP contribution < -0.4 is 0 Å².